The van der Waals surface area contributed by atoms with Crippen LogP contribution in [0.4, 0.5) is 0 Å². The maximum absolute atomic E-state index is 11.4. The Bertz CT molecular complexity index is 366. The second-order valence-corrected chi connectivity index (χ2v) is 5.15. The lowest BCUT2D eigenvalue weighted by Gasteiger charge is -2.33. The number of hydrogen-bond donors (Lipinski definition) is 1. The molecule has 0 aromatic carbocycles. The van der Waals surface area contributed by atoms with Gasteiger partial charge in [0.15, 0.2) is 0 Å². The molecule has 1 aliphatic rings. The van der Waals surface area contributed by atoms with Crippen molar-refractivity contribution in [1.82, 2.24) is 9.88 Å². The molecule has 0 aliphatic carbocycles. The van der Waals surface area contributed by atoms with Gasteiger partial charge in [0.1, 0.15) is 5.54 Å². The van der Waals surface area contributed by atoms with Crippen molar-refractivity contribution in [3.8, 4) is 0 Å². The Kier molecular flexibility index (Phi) is 3.25. The average Bonchev–Trinajstić information content (AvgIpc) is 2.88. The number of thiazole rings is 1. The van der Waals surface area contributed by atoms with Crippen LogP contribution in [0.5, 0.6) is 0 Å². The fourth-order valence-corrected chi connectivity index (χ4v) is 3.08. The van der Waals surface area contributed by atoms with E-state index in [2.05, 4.69) is 9.88 Å². The third-order valence-corrected chi connectivity index (χ3v) is 4.20. The molecule has 0 saturated carbocycles. The summed E-state index contributed by atoms with van der Waals surface area (Å²) in [7, 11) is 0. The highest BCUT2D eigenvalue weighted by atomic mass is 32.1. The van der Waals surface area contributed by atoms with E-state index in [9.17, 15) is 9.90 Å². The van der Waals surface area contributed by atoms with Gasteiger partial charge >= 0.3 is 5.97 Å². The molecule has 1 unspecified atom stereocenters. The lowest BCUT2D eigenvalue weighted by atomic mass is 9.93. The van der Waals surface area contributed by atoms with Gasteiger partial charge in [-0.15, -0.1) is 11.3 Å². The third-order valence-electron chi connectivity index (χ3n) is 3.44. The first-order chi connectivity index (χ1) is 7.69. The molecule has 1 aromatic rings. The summed E-state index contributed by atoms with van der Waals surface area (Å²) < 4.78 is 0. The lowest BCUT2D eigenvalue weighted by molar-refractivity contribution is -0.150. The molecule has 1 aliphatic heterocycles. The van der Waals surface area contributed by atoms with Crippen molar-refractivity contribution < 1.29 is 9.90 Å². The lowest BCUT2D eigenvalue weighted by Crippen LogP contribution is -2.49. The molecule has 1 aromatic heterocycles. The van der Waals surface area contributed by atoms with Crippen molar-refractivity contribution >= 4 is 17.3 Å². The van der Waals surface area contributed by atoms with Crippen molar-refractivity contribution in [2.75, 3.05) is 6.54 Å². The highest BCUT2D eigenvalue weighted by molar-refractivity contribution is 7.09. The predicted octanol–water partition coefficient (Wildman–Crippen LogP) is 1.97. The summed E-state index contributed by atoms with van der Waals surface area (Å²) >= 11 is 1.59. The minimum Gasteiger partial charge on any atom is -0.480 e. The van der Waals surface area contributed by atoms with E-state index in [4.69, 9.17) is 0 Å². The Morgan fingerprint density at radius 3 is 3.12 bits per heavy atom. The van der Waals surface area contributed by atoms with Gasteiger partial charge < -0.3 is 5.11 Å². The van der Waals surface area contributed by atoms with E-state index in [0.717, 1.165) is 24.3 Å². The molecule has 5 heteroatoms. The number of rotatable bonds is 4. The van der Waals surface area contributed by atoms with Gasteiger partial charge in [0, 0.05) is 17.6 Å². The van der Waals surface area contributed by atoms with E-state index >= 15 is 0 Å². The first-order valence-corrected chi connectivity index (χ1v) is 6.43. The van der Waals surface area contributed by atoms with Crippen LogP contribution >= 0.6 is 11.3 Å². The van der Waals surface area contributed by atoms with Crippen LogP contribution in [-0.2, 0) is 11.3 Å². The first kappa shape index (κ1) is 11.5. The number of carbonyl (C=O) groups is 1. The van der Waals surface area contributed by atoms with Crippen LogP contribution in [0.1, 0.15) is 31.1 Å². The summed E-state index contributed by atoms with van der Waals surface area (Å²) in [6, 6.07) is 0. The second-order valence-electron chi connectivity index (χ2n) is 4.18. The van der Waals surface area contributed by atoms with Crippen molar-refractivity contribution in [2.24, 2.45) is 0 Å². The SMILES string of the molecule is CCC1(C(=O)O)CCCN1Cc1cncs1. The van der Waals surface area contributed by atoms with Crippen molar-refractivity contribution in [3.63, 3.8) is 0 Å². The number of hydrogen-bond acceptors (Lipinski definition) is 4. The van der Waals surface area contributed by atoms with E-state index in [1.807, 2.05) is 13.1 Å². The van der Waals surface area contributed by atoms with E-state index in [-0.39, 0.29) is 0 Å². The summed E-state index contributed by atoms with van der Waals surface area (Å²) in [4.78, 5) is 18.7. The molecule has 88 valence electrons. The van der Waals surface area contributed by atoms with E-state index in [1.54, 1.807) is 16.8 Å². The molecular weight excluding hydrogens is 224 g/mol. The summed E-state index contributed by atoms with van der Waals surface area (Å²) in [5.74, 6) is -0.683. The molecule has 2 heterocycles. The molecule has 2 rings (SSSR count). The van der Waals surface area contributed by atoms with Crippen LogP contribution in [0.2, 0.25) is 0 Å². The fourth-order valence-electron chi connectivity index (χ4n) is 2.47. The Morgan fingerprint density at radius 1 is 1.75 bits per heavy atom. The van der Waals surface area contributed by atoms with Crippen LogP contribution in [-0.4, -0.2) is 33.0 Å². The zero-order chi connectivity index (χ0) is 11.6. The van der Waals surface area contributed by atoms with Gasteiger partial charge in [-0.2, -0.15) is 0 Å². The quantitative estimate of drug-likeness (QED) is 0.874. The number of aliphatic carboxylic acids is 1. The summed E-state index contributed by atoms with van der Waals surface area (Å²) in [6.07, 6.45) is 4.23. The molecule has 1 N–H and O–H groups in total. The fraction of sp³-hybridized carbons (Fsp3) is 0.636. The van der Waals surface area contributed by atoms with Crippen LogP contribution in [0.15, 0.2) is 11.7 Å². The molecule has 0 amide bonds. The van der Waals surface area contributed by atoms with Gasteiger partial charge in [-0.1, -0.05) is 6.92 Å². The first-order valence-electron chi connectivity index (χ1n) is 5.55. The smallest absolute Gasteiger partial charge is 0.324 e. The molecule has 0 radical (unpaired) electrons. The van der Waals surface area contributed by atoms with Crippen molar-refractivity contribution in [3.05, 3.63) is 16.6 Å². The van der Waals surface area contributed by atoms with Gasteiger partial charge in [-0.25, -0.2) is 0 Å². The Hall–Kier alpha value is -0.940. The summed E-state index contributed by atoms with van der Waals surface area (Å²) in [5, 5.41) is 9.41. The molecule has 1 atom stereocenters. The van der Waals surface area contributed by atoms with Gasteiger partial charge in [0.05, 0.1) is 5.51 Å². The number of nitrogens with zero attached hydrogens (tertiary/aromatic N) is 2. The molecule has 1 fully saturated rings. The van der Waals surface area contributed by atoms with Gasteiger partial charge in [0.25, 0.3) is 0 Å². The Morgan fingerprint density at radius 2 is 2.56 bits per heavy atom. The average molecular weight is 240 g/mol. The molecule has 0 bridgehead atoms. The van der Waals surface area contributed by atoms with E-state index in [1.165, 1.54) is 0 Å². The zero-order valence-corrected chi connectivity index (χ0v) is 10.2. The van der Waals surface area contributed by atoms with E-state index in [0.29, 0.717) is 13.0 Å². The maximum Gasteiger partial charge on any atom is 0.324 e. The zero-order valence-electron chi connectivity index (χ0n) is 9.35. The van der Waals surface area contributed by atoms with Crippen LogP contribution in [0.25, 0.3) is 0 Å². The highest BCUT2D eigenvalue weighted by Gasteiger charge is 2.45. The molecule has 0 spiro atoms. The number of carboxylic acids is 1. The normalized spacial score (nSPS) is 26.1. The van der Waals surface area contributed by atoms with Crippen LogP contribution in [0, 0.1) is 0 Å². The summed E-state index contributed by atoms with van der Waals surface area (Å²) in [5.41, 5.74) is 1.14. The number of aromatic nitrogens is 1. The topological polar surface area (TPSA) is 53.4 Å². The van der Waals surface area contributed by atoms with Gasteiger partial charge in [-0.3, -0.25) is 14.7 Å². The predicted molar refractivity (Wildman–Crippen MR) is 62.4 cm³/mol. The molecule has 16 heavy (non-hydrogen) atoms. The van der Waals surface area contributed by atoms with Gasteiger partial charge in [0.2, 0.25) is 0 Å². The van der Waals surface area contributed by atoms with E-state index < -0.39 is 11.5 Å². The maximum atomic E-state index is 11.4. The Labute approximate surface area is 98.9 Å². The van der Waals surface area contributed by atoms with Crippen molar-refractivity contribution in [2.45, 2.75) is 38.3 Å². The summed E-state index contributed by atoms with van der Waals surface area (Å²) in [6.45, 7) is 3.54. The van der Waals surface area contributed by atoms with Crippen LogP contribution in [0.3, 0.4) is 0 Å². The van der Waals surface area contributed by atoms with Crippen molar-refractivity contribution in [1.29, 1.82) is 0 Å². The molecule has 1 saturated heterocycles. The molecule has 4 nitrogen and oxygen atoms in total. The molecular formula is C11H16N2O2S. The minimum absolute atomic E-state index is 0.649. The second kappa shape index (κ2) is 4.51. The largest absolute Gasteiger partial charge is 0.480 e. The third kappa shape index (κ3) is 1.85. The number of likely N-dealkylation sites (tertiary alicyclic amines) is 1. The highest BCUT2D eigenvalue weighted by Crippen LogP contribution is 2.34. The van der Waals surface area contributed by atoms with Gasteiger partial charge in [-0.05, 0) is 25.8 Å². The Balaban J connectivity index is 2.16. The standard InChI is InChI=1S/C11H16N2O2S/c1-2-11(10(14)15)4-3-5-13(11)7-9-6-12-8-16-9/h6,8H,2-5,7H2,1H3,(H,14,15). The van der Waals surface area contributed by atoms with Crippen LogP contribution < -0.4 is 0 Å². The monoisotopic (exact) mass is 240 g/mol. The minimum atomic E-state index is -0.683. The number of carboxylic acid groups (broad SMARTS) is 1.